The van der Waals surface area contributed by atoms with Crippen LogP contribution in [0.1, 0.15) is 4.88 Å². The molecule has 0 bridgehead atoms. The molecule has 0 saturated heterocycles. The van der Waals surface area contributed by atoms with Gasteiger partial charge in [-0.1, -0.05) is 0 Å². The lowest BCUT2D eigenvalue weighted by Crippen LogP contribution is -2.38. The molecule has 2 N–H and O–H groups in total. The summed E-state index contributed by atoms with van der Waals surface area (Å²) in [7, 11) is 0. The van der Waals surface area contributed by atoms with E-state index in [1.807, 2.05) is 17.5 Å². The van der Waals surface area contributed by atoms with Crippen LogP contribution in [0.5, 0.6) is 5.75 Å². The number of nitrogens with zero attached hydrogens (tertiary/aromatic N) is 1. The fourth-order valence-corrected chi connectivity index (χ4v) is 3.43. The third-order valence-electron chi connectivity index (χ3n) is 2.86. The number of carbonyl (C=O) groups is 1. The van der Waals surface area contributed by atoms with Crippen molar-refractivity contribution in [3.8, 4) is 5.75 Å². The molecular formula is C13H11BrN2O2S. The molecule has 0 atom stereocenters. The number of nitrogens with two attached hydrogens (primary N) is 1. The number of anilines is 2. The van der Waals surface area contributed by atoms with Gasteiger partial charge < -0.3 is 15.4 Å². The Morgan fingerprint density at radius 3 is 3.00 bits per heavy atom. The SMILES string of the molecule is Nc1ccc2c(c1)OCC(=O)N2Cc1cc(Br)cs1. The highest BCUT2D eigenvalue weighted by Crippen LogP contribution is 2.35. The van der Waals surface area contributed by atoms with Gasteiger partial charge in [-0.25, -0.2) is 0 Å². The number of hydrogen-bond donors (Lipinski definition) is 1. The maximum Gasteiger partial charge on any atom is 0.265 e. The summed E-state index contributed by atoms with van der Waals surface area (Å²) < 4.78 is 6.45. The van der Waals surface area contributed by atoms with E-state index in [1.54, 1.807) is 28.4 Å². The zero-order valence-corrected chi connectivity index (χ0v) is 12.3. The van der Waals surface area contributed by atoms with Gasteiger partial charge in [0.15, 0.2) is 6.61 Å². The molecule has 0 spiro atoms. The largest absolute Gasteiger partial charge is 0.481 e. The standard InChI is InChI=1S/C13H11BrN2O2S/c14-8-3-10(19-7-8)5-16-11-2-1-9(15)4-12(11)18-6-13(16)17/h1-4,7H,5-6,15H2. The van der Waals surface area contributed by atoms with Gasteiger partial charge in [-0.3, -0.25) is 4.79 Å². The molecule has 0 radical (unpaired) electrons. The van der Waals surface area contributed by atoms with Crippen LogP contribution in [-0.4, -0.2) is 12.5 Å². The van der Waals surface area contributed by atoms with Crippen molar-refractivity contribution in [1.82, 2.24) is 0 Å². The zero-order valence-electron chi connectivity index (χ0n) is 9.93. The third kappa shape index (κ3) is 2.46. The number of benzene rings is 1. The fourth-order valence-electron chi connectivity index (χ4n) is 1.99. The minimum absolute atomic E-state index is 0.0400. The van der Waals surface area contributed by atoms with E-state index in [-0.39, 0.29) is 12.5 Å². The first kappa shape index (κ1) is 12.5. The number of halogens is 1. The number of nitrogen functional groups attached to an aromatic ring is 1. The summed E-state index contributed by atoms with van der Waals surface area (Å²) in [4.78, 5) is 14.9. The third-order valence-corrected chi connectivity index (χ3v) is 4.54. The maximum absolute atomic E-state index is 12.0. The lowest BCUT2D eigenvalue weighted by atomic mass is 10.2. The normalized spacial score (nSPS) is 14.2. The molecule has 4 nitrogen and oxygen atoms in total. The number of fused-ring (bicyclic) bond motifs is 1. The fraction of sp³-hybridized carbons (Fsp3) is 0.154. The van der Waals surface area contributed by atoms with Gasteiger partial charge in [0.05, 0.1) is 12.2 Å². The molecule has 0 unspecified atom stereocenters. The quantitative estimate of drug-likeness (QED) is 0.856. The minimum atomic E-state index is -0.0400. The lowest BCUT2D eigenvalue weighted by molar-refractivity contribution is -0.121. The van der Waals surface area contributed by atoms with E-state index < -0.39 is 0 Å². The van der Waals surface area contributed by atoms with Crippen molar-refractivity contribution in [3.05, 3.63) is 39.0 Å². The van der Waals surface area contributed by atoms with Crippen LogP contribution >= 0.6 is 27.3 Å². The van der Waals surface area contributed by atoms with Crippen LogP contribution in [0, 0.1) is 0 Å². The number of carbonyl (C=O) groups excluding carboxylic acids is 1. The Morgan fingerprint density at radius 1 is 1.42 bits per heavy atom. The summed E-state index contributed by atoms with van der Waals surface area (Å²) in [6.07, 6.45) is 0. The van der Waals surface area contributed by atoms with Gasteiger partial charge in [0.2, 0.25) is 0 Å². The van der Waals surface area contributed by atoms with Gasteiger partial charge in [0, 0.05) is 26.5 Å². The average molecular weight is 339 g/mol. The minimum Gasteiger partial charge on any atom is -0.481 e. The van der Waals surface area contributed by atoms with Crippen LogP contribution in [0.25, 0.3) is 0 Å². The molecule has 0 aliphatic carbocycles. The van der Waals surface area contributed by atoms with E-state index >= 15 is 0 Å². The monoisotopic (exact) mass is 338 g/mol. The average Bonchev–Trinajstić information content (AvgIpc) is 2.78. The highest BCUT2D eigenvalue weighted by atomic mass is 79.9. The Labute approximate surface area is 122 Å². The number of thiophene rings is 1. The van der Waals surface area contributed by atoms with Crippen molar-refractivity contribution in [2.75, 3.05) is 17.2 Å². The van der Waals surface area contributed by atoms with Crippen molar-refractivity contribution in [3.63, 3.8) is 0 Å². The van der Waals surface area contributed by atoms with Crippen molar-refractivity contribution in [1.29, 1.82) is 0 Å². The van der Waals surface area contributed by atoms with Crippen LogP contribution in [0.4, 0.5) is 11.4 Å². The predicted molar refractivity (Wildman–Crippen MR) is 79.6 cm³/mol. The Hall–Kier alpha value is -1.53. The summed E-state index contributed by atoms with van der Waals surface area (Å²) in [6, 6.07) is 7.37. The van der Waals surface area contributed by atoms with Crippen molar-refractivity contribution in [2.24, 2.45) is 0 Å². The van der Waals surface area contributed by atoms with E-state index in [1.165, 1.54) is 0 Å². The van der Waals surface area contributed by atoms with Gasteiger partial charge in [-0.15, -0.1) is 11.3 Å². The van der Waals surface area contributed by atoms with E-state index in [2.05, 4.69) is 15.9 Å². The second-order valence-electron chi connectivity index (χ2n) is 4.23. The van der Waals surface area contributed by atoms with Gasteiger partial charge in [0.1, 0.15) is 5.75 Å². The van der Waals surface area contributed by atoms with E-state index in [0.717, 1.165) is 15.0 Å². The summed E-state index contributed by atoms with van der Waals surface area (Å²) in [5, 5.41) is 2.00. The summed E-state index contributed by atoms with van der Waals surface area (Å²) >= 11 is 5.04. The molecule has 3 rings (SSSR count). The zero-order chi connectivity index (χ0) is 13.4. The topological polar surface area (TPSA) is 55.6 Å². The highest BCUT2D eigenvalue weighted by Gasteiger charge is 2.26. The second-order valence-corrected chi connectivity index (χ2v) is 6.14. The van der Waals surface area contributed by atoms with Crippen LogP contribution in [0.15, 0.2) is 34.1 Å². The number of ether oxygens (including phenoxy) is 1. The first-order valence-corrected chi connectivity index (χ1v) is 7.36. The van der Waals surface area contributed by atoms with E-state index in [0.29, 0.717) is 18.0 Å². The molecule has 1 aliphatic rings. The molecular weight excluding hydrogens is 328 g/mol. The smallest absolute Gasteiger partial charge is 0.265 e. The number of rotatable bonds is 2. The van der Waals surface area contributed by atoms with E-state index in [4.69, 9.17) is 10.5 Å². The molecule has 2 aromatic rings. The summed E-state index contributed by atoms with van der Waals surface area (Å²) in [6.45, 7) is 0.610. The van der Waals surface area contributed by atoms with Gasteiger partial charge in [-0.05, 0) is 34.1 Å². The Morgan fingerprint density at radius 2 is 2.26 bits per heavy atom. The molecule has 0 saturated carbocycles. The van der Waals surface area contributed by atoms with Gasteiger partial charge in [0.25, 0.3) is 5.91 Å². The van der Waals surface area contributed by atoms with Crippen LogP contribution in [-0.2, 0) is 11.3 Å². The first-order valence-electron chi connectivity index (χ1n) is 5.69. The molecule has 6 heteroatoms. The molecule has 0 fully saturated rings. The van der Waals surface area contributed by atoms with Crippen molar-refractivity contribution >= 4 is 44.5 Å². The Balaban J connectivity index is 1.94. The molecule has 19 heavy (non-hydrogen) atoms. The number of amides is 1. The van der Waals surface area contributed by atoms with Crippen LogP contribution in [0.2, 0.25) is 0 Å². The summed E-state index contributed by atoms with van der Waals surface area (Å²) in [5.74, 6) is 0.622. The van der Waals surface area contributed by atoms with E-state index in [9.17, 15) is 4.79 Å². The molecule has 2 heterocycles. The summed E-state index contributed by atoms with van der Waals surface area (Å²) in [5.41, 5.74) is 7.13. The first-order chi connectivity index (χ1) is 9.13. The second kappa shape index (κ2) is 4.86. The molecule has 1 aromatic carbocycles. The van der Waals surface area contributed by atoms with Gasteiger partial charge in [-0.2, -0.15) is 0 Å². The number of hydrogen-bond acceptors (Lipinski definition) is 4. The Kier molecular flexibility index (Phi) is 3.20. The van der Waals surface area contributed by atoms with Gasteiger partial charge >= 0.3 is 0 Å². The molecule has 98 valence electrons. The van der Waals surface area contributed by atoms with Crippen LogP contribution in [0.3, 0.4) is 0 Å². The van der Waals surface area contributed by atoms with Crippen LogP contribution < -0.4 is 15.4 Å². The van der Waals surface area contributed by atoms with Crippen molar-refractivity contribution < 1.29 is 9.53 Å². The highest BCUT2D eigenvalue weighted by molar-refractivity contribution is 9.10. The maximum atomic E-state index is 12.0. The molecule has 1 amide bonds. The molecule has 1 aliphatic heterocycles. The lowest BCUT2D eigenvalue weighted by Gasteiger charge is -2.29. The Bertz CT molecular complexity index is 641. The van der Waals surface area contributed by atoms with Crippen molar-refractivity contribution in [2.45, 2.75) is 6.54 Å². The molecule has 1 aromatic heterocycles. The predicted octanol–water partition coefficient (Wildman–Crippen LogP) is 3.02.